The number of methoxy groups -OCH3 is 2. The molecule has 0 spiro atoms. The molecule has 0 saturated carbocycles. The Morgan fingerprint density at radius 3 is 2.55 bits per heavy atom. The fourth-order valence-electron chi connectivity index (χ4n) is 4.80. The van der Waals surface area contributed by atoms with Crippen molar-refractivity contribution in [2.24, 2.45) is 0 Å². The largest absolute Gasteiger partial charge is 0.493 e. The summed E-state index contributed by atoms with van der Waals surface area (Å²) in [6.07, 6.45) is 2.96. The summed E-state index contributed by atoms with van der Waals surface area (Å²) in [4.78, 5) is 19.0. The van der Waals surface area contributed by atoms with E-state index in [1.807, 2.05) is 0 Å². The fourth-order valence-corrected chi connectivity index (χ4v) is 5.68. The standard InChI is InChI=1S/C24H33N3O3S/c1-4-26-10-8-18(9-11-26)25-23(28)16-27-12-7-17-14-20(29-2)21(30-3)15-19(17)24(27)22-6-5-13-31-22/h5-6,13-15,18,24H,4,7-12,16H2,1-3H3,(H,25,28). The molecule has 7 heteroatoms. The van der Waals surface area contributed by atoms with Gasteiger partial charge < -0.3 is 19.7 Å². The van der Waals surface area contributed by atoms with E-state index in [1.54, 1.807) is 25.6 Å². The third-order valence-corrected chi connectivity index (χ3v) is 7.46. The average molecular weight is 444 g/mol. The van der Waals surface area contributed by atoms with Gasteiger partial charge in [0.15, 0.2) is 11.5 Å². The molecule has 168 valence electrons. The summed E-state index contributed by atoms with van der Waals surface area (Å²) >= 11 is 1.73. The molecule has 0 radical (unpaired) electrons. The molecule has 1 unspecified atom stereocenters. The van der Waals surface area contributed by atoms with E-state index in [9.17, 15) is 4.79 Å². The van der Waals surface area contributed by atoms with E-state index in [4.69, 9.17) is 9.47 Å². The number of hydrogen-bond donors (Lipinski definition) is 1. The molecule has 6 nitrogen and oxygen atoms in total. The number of carbonyl (C=O) groups excluding carboxylic acids is 1. The normalized spacial score (nSPS) is 20.3. The van der Waals surface area contributed by atoms with Crippen molar-refractivity contribution in [1.29, 1.82) is 0 Å². The van der Waals surface area contributed by atoms with Crippen LogP contribution in [0.1, 0.15) is 41.8 Å². The number of benzene rings is 1. The third kappa shape index (κ3) is 4.89. The second-order valence-electron chi connectivity index (χ2n) is 8.32. The highest BCUT2D eigenvalue weighted by Crippen LogP contribution is 2.42. The van der Waals surface area contributed by atoms with E-state index in [0.717, 1.165) is 56.9 Å². The molecule has 0 aliphatic carbocycles. The summed E-state index contributed by atoms with van der Waals surface area (Å²) in [5.74, 6) is 1.62. The van der Waals surface area contributed by atoms with Crippen molar-refractivity contribution in [2.75, 3.05) is 46.9 Å². The summed E-state index contributed by atoms with van der Waals surface area (Å²) in [7, 11) is 3.34. The monoisotopic (exact) mass is 443 g/mol. The summed E-state index contributed by atoms with van der Waals surface area (Å²) in [5.41, 5.74) is 2.47. The van der Waals surface area contributed by atoms with E-state index in [1.165, 1.54) is 16.0 Å². The van der Waals surface area contributed by atoms with Crippen molar-refractivity contribution in [1.82, 2.24) is 15.1 Å². The Bertz CT molecular complexity index is 878. The van der Waals surface area contributed by atoms with Gasteiger partial charge in [0.05, 0.1) is 26.8 Å². The summed E-state index contributed by atoms with van der Waals surface area (Å²) in [5, 5.41) is 5.39. The second-order valence-corrected chi connectivity index (χ2v) is 9.30. The van der Waals surface area contributed by atoms with E-state index in [2.05, 4.69) is 51.7 Å². The summed E-state index contributed by atoms with van der Waals surface area (Å²) < 4.78 is 11.1. The van der Waals surface area contributed by atoms with Crippen molar-refractivity contribution in [2.45, 2.75) is 38.3 Å². The minimum atomic E-state index is 0.0521. The number of carbonyl (C=O) groups is 1. The zero-order chi connectivity index (χ0) is 21.8. The number of rotatable bonds is 7. The first kappa shape index (κ1) is 22.1. The maximum atomic E-state index is 13.0. The average Bonchev–Trinajstić information content (AvgIpc) is 3.32. The number of amides is 1. The van der Waals surface area contributed by atoms with Gasteiger partial charge in [-0.15, -0.1) is 11.3 Å². The molecule has 1 N–H and O–H groups in total. The number of nitrogens with zero attached hydrogens (tertiary/aromatic N) is 2. The maximum absolute atomic E-state index is 13.0. The lowest BCUT2D eigenvalue weighted by Crippen LogP contribution is -2.48. The molecular weight excluding hydrogens is 410 g/mol. The Hall–Kier alpha value is -2.09. The number of ether oxygens (including phenoxy) is 2. The third-order valence-electron chi connectivity index (χ3n) is 6.53. The van der Waals surface area contributed by atoms with Crippen LogP contribution in [0.2, 0.25) is 0 Å². The number of piperidine rings is 1. The lowest BCUT2D eigenvalue weighted by molar-refractivity contribution is -0.123. The molecule has 1 aromatic heterocycles. The molecule has 2 aromatic rings. The van der Waals surface area contributed by atoms with E-state index >= 15 is 0 Å². The van der Waals surface area contributed by atoms with E-state index < -0.39 is 0 Å². The zero-order valence-electron chi connectivity index (χ0n) is 18.7. The molecule has 0 bridgehead atoms. The van der Waals surface area contributed by atoms with Gasteiger partial charge in [-0.3, -0.25) is 9.69 Å². The quantitative estimate of drug-likeness (QED) is 0.712. The molecule has 2 aliphatic rings. The smallest absolute Gasteiger partial charge is 0.234 e. The highest BCUT2D eigenvalue weighted by Gasteiger charge is 2.32. The minimum absolute atomic E-state index is 0.0521. The van der Waals surface area contributed by atoms with Crippen LogP contribution in [0, 0.1) is 0 Å². The van der Waals surface area contributed by atoms with Crippen LogP contribution < -0.4 is 14.8 Å². The Balaban J connectivity index is 1.52. The van der Waals surface area contributed by atoms with Gasteiger partial charge in [-0.1, -0.05) is 13.0 Å². The first-order valence-corrected chi connectivity index (χ1v) is 12.0. The predicted octanol–water partition coefficient (Wildman–Crippen LogP) is 3.31. The Labute approximate surface area is 189 Å². The molecule has 1 amide bonds. The summed E-state index contributed by atoms with van der Waals surface area (Å²) in [6.45, 7) is 6.67. The Kier molecular flexibility index (Phi) is 7.15. The lowest BCUT2D eigenvalue weighted by atomic mass is 9.90. The molecule has 2 aliphatic heterocycles. The van der Waals surface area contributed by atoms with E-state index in [-0.39, 0.29) is 18.0 Å². The van der Waals surface area contributed by atoms with Crippen LogP contribution in [-0.2, 0) is 11.2 Å². The van der Waals surface area contributed by atoms with Crippen LogP contribution in [0.3, 0.4) is 0 Å². The van der Waals surface area contributed by atoms with Crippen LogP contribution in [-0.4, -0.2) is 68.7 Å². The molecule has 4 rings (SSSR count). The Morgan fingerprint density at radius 1 is 1.16 bits per heavy atom. The van der Waals surface area contributed by atoms with Gasteiger partial charge in [-0.2, -0.15) is 0 Å². The molecule has 31 heavy (non-hydrogen) atoms. The van der Waals surface area contributed by atoms with Crippen LogP contribution in [0.5, 0.6) is 11.5 Å². The molecule has 1 aromatic carbocycles. The van der Waals surface area contributed by atoms with Gasteiger partial charge in [0.25, 0.3) is 0 Å². The molecule has 3 heterocycles. The highest BCUT2D eigenvalue weighted by atomic mass is 32.1. The molecular formula is C24H33N3O3S. The van der Waals surface area contributed by atoms with Crippen LogP contribution in [0.25, 0.3) is 0 Å². The first-order valence-electron chi connectivity index (χ1n) is 11.2. The van der Waals surface area contributed by atoms with Crippen LogP contribution in [0.15, 0.2) is 29.6 Å². The number of fused-ring (bicyclic) bond motifs is 1. The highest BCUT2D eigenvalue weighted by molar-refractivity contribution is 7.10. The SMILES string of the molecule is CCN1CCC(NC(=O)CN2CCc3cc(OC)c(OC)cc3C2c2cccs2)CC1. The Morgan fingerprint density at radius 2 is 1.90 bits per heavy atom. The number of nitrogens with one attached hydrogen (secondary N) is 1. The molecule has 1 fully saturated rings. The van der Waals surface area contributed by atoms with Crippen molar-refractivity contribution in [3.8, 4) is 11.5 Å². The van der Waals surface area contributed by atoms with Crippen molar-refractivity contribution in [3.05, 3.63) is 45.6 Å². The zero-order valence-corrected chi connectivity index (χ0v) is 19.5. The van der Waals surface area contributed by atoms with Gasteiger partial charge in [0.1, 0.15) is 0 Å². The summed E-state index contributed by atoms with van der Waals surface area (Å²) in [6, 6.07) is 8.76. The first-order chi connectivity index (χ1) is 15.1. The van der Waals surface area contributed by atoms with Gasteiger partial charge in [0, 0.05) is 30.6 Å². The topological polar surface area (TPSA) is 54.0 Å². The van der Waals surface area contributed by atoms with Gasteiger partial charge in [-0.05, 0) is 60.5 Å². The minimum Gasteiger partial charge on any atom is -0.493 e. The van der Waals surface area contributed by atoms with E-state index in [0.29, 0.717) is 6.54 Å². The van der Waals surface area contributed by atoms with Crippen molar-refractivity contribution >= 4 is 17.2 Å². The molecule has 1 atom stereocenters. The number of hydrogen-bond acceptors (Lipinski definition) is 6. The number of thiophene rings is 1. The van der Waals surface area contributed by atoms with Crippen molar-refractivity contribution in [3.63, 3.8) is 0 Å². The fraction of sp³-hybridized carbons (Fsp3) is 0.542. The predicted molar refractivity (Wildman–Crippen MR) is 124 cm³/mol. The van der Waals surface area contributed by atoms with Gasteiger partial charge in [-0.25, -0.2) is 0 Å². The second kappa shape index (κ2) is 10.0. The van der Waals surface area contributed by atoms with Crippen LogP contribution >= 0.6 is 11.3 Å². The van der Waals surface area contributed by atoms with Gasteiger partial charge >= 0.3 is 0 Å². The number of likely N-dealkylation sites (tertiary alicyclic amines) is 1. The molecule has 1 saturated heterocycles. The van der Waals surface area contributed by atoms with Crippen molar-refractivity contribution < 1.29 is 14.3 Å². The maximum Gasteiger partial charge on any atom is 0.234 e. The lowest BCUT2D eigenvalue weighted by Gasteiger charge is -2.37. The van der Waals surface area contributed by atoms with Crippen LogP contribution in [0.4, 0.5) is 0 Å². The van der Waals surface area contributed by atoms with Gasteiger partial charge in [0.2, 0.25) is 5.91 Å².